The van der Waals surface area contributed by atoms with Gasteiger partial charge in [-0.25, -0.2) is 4.98 Å². The van der Waals surface area contributed by atoms with Gasteiger partial charge in [0.25, 0.3) is 5.91 Å². The van der Waals surface area contributed by atoms with Gasteiger partial charge >= 0.3 is 0 Å². The molecular weight excluding hydrogens is 364 g/mol. The smallest absolute Gasteiger partial charge is 0.255 e. The number of anilines is 3. The summed E-state index contributed by atoms with van der Waals surface area (Å²) in [5.74, 6) is 0.706. The summed E-state index contributed by atoms with van der Waals surface area (Å²) in [6.45, 7) is 0. The minimum absolute atomic E-state index is 0.346. The van der Waals surface area contributed by atoms with Crippen molar-refractivity contribution in [1.29, 1.82) is 5.26 Å². The molecule has 0 radical (unpaired) electrons. The standard InChI is InChI=1S/C20H15ClN4O2/c1-27-18-7-6-15(21)11-17(18)24-19-10-13(8-9-23-19)20(26)25-16-5-3-2-4-14(16)12-22/h2-11H,1H3,(H,23,24)(H,25,26). The Morgan fingerprint density at radius 3 is 2.74 bits per heavy atom. The zero-order chi connectivity index (χ0) is 19.2. The number of nitrogens with zero attached hydrogens (tertiary/aromatic N) is 2. The van der Waals surface area contributed by atoms with Crippen LogP contribution in [0.1, 0.15) is 15.9 Å². The van der Waals surface area contributed by atoms with E-state index in [-0.39, 0.29) is 5.91 Å². The molecule has 2 aromatic carbocycles. The number of nitriles is 1. The summed E-state index contributed by atoms with van der Waals surface area (Å²) in [6.07, 6.45) is 1.52. The summed E-state index contributed by atoms with van der Waals surface area (Å²) >= 11 is 6.03. The first-order chi connectivity index (χ1) is 13.1. The van der Waals surface area contributed by atoms with Crippen LogP contribution >= 0.6 is 11.6 Å². The Kier molecular flexibility index (Phi) is 5.55. The van der Waals surface area contributed by atoms with Crippen LogP contribution in [0.2, 0.25) is 5.02 Å². The molecule has 0 aliphatic heterocycles. The summed E-state index contributed by atoms with van der Waals surface area (Å²) in [7, 11) is 1.55. The number of rotatable bonds is 5. The molecule has 3 rings (SSSR count). The highest BCUT2D eigenvalue weighted by Gasteiger charge is 2.11. The monoisotopic (exact) mass is 378 g/mol. The first kappa shape index (κ1) is 18.2. The van der Waals surface area contributed by atoms with Crippen LogP contribution < -0.4 is 15.4 Å². The van der Waals surface area contributed by atoms with Crippen LogP contribution in [-0.2, 0) is 0 Å². The van der Waals surface area contributed by atoms with Crippen molar-refractivity contribution < 1.29 is 9.53 Å². The van der Waals surface area contributed by atoms with Crippen molar-refractivity contribution in [2.75, 3.05) is 17.7 Å². The van der Waals surface area contributed by atoms with E-state index in [9.17, 15) is 4.79 Å². The molecule has 0 aliphatic carbocycles. The molecule has 7 heteroatoms. The second-order valence-electron chi connectivity index (χ2n) is 5.51. The molecule has 0 saturated heterocycles. The molecule has 2 N–H and O–H groups in total. The number of carbonyl (C=O) groups is 1. The van der Waals surface area contributed by atoms with Gasteiger partial charge in [0.2, 0.25) is 0 Å². The molecule has 27 heavy (non-hydrogen) atoms. The largest absolute Gasteiger partial charge is 0.495 e. The lowest BCUT2D eigenvalue weighted by molar-refractivity contribution is 0.102. The Morgan fingerprint density at radius 1 is 1.15 bits per heavy atom. The number of para-hydroxylation sites is 1. The summed E-state index contributed by atoms with van der Waals surface area (Å²) in [4.78, 5) is 16.8. The summed E-state index contributed by atoms with van der Waals surface area (Å²) in [5, 5.41) is 15.5. The molecule has 6 nitrogen and oxygen atoms in total. The second-order valence-corrected chi connectivity index (χ2v) is 5.95. The van der Waals surface area contributed by atoms with Gasteiger partial charge in [0, 0.05) is 16.8 Å². The van der Waals surface area contributed by atoms with Crippen LogP contribution in [0.3, 0.4) is 0 Å². The number of hydrogen-bond acceptors (Lipinski definition) is 5. The van der Waals surface area contributed by atoms with Gasteiger partial charge in [-0.05, 0) is 42.5 Å². The van der Waals surface area contributed by atoms with Gasteiger partial charge in [0.1, 0.15) is 17.6 Å². The van der Waals surface area contributed by atoms with Crippen LogP contribution in [0.25, 0.3) is 0 Å². The van der Waals surface area contributed by atoms with Crippen molar-refractivity contribution in [3.8, 4) is 11.8 Å². The topological polar surface area (TPSA) is 87.0 Å². The molecule has 1 amide bonds. The van der Waals surface area contributed by atoms with E-state index in [2.05, 4.69) is 15.6 Å². The number of pyridine rings is 1. The number of amides is 1. The molecule has 0 bridgehead atoms. The summed E-state index contributed by atoms with van der Waals surface area (Å²) in [5.41, 5.74) is 1.86. The molecule has 1 aromatic heterocycles. The number of benzene rings is 2. The number of methoxy groups -OCH3 is 1. The van der Waals surface area contributed by atoms with E-state index in [0.717, 1.165) is 0 Å². The third kappa shape index (κ3) is 4.35. The highest BCUT2D eigenvalue weighted by atomic mass is 35.5. The number of nitrogens with one attached hydrogen (secondary N) is 2. The fraction of sp³-hybridized carbons (Fsp3) is 0.0500. The van der Waals surface area contributed by atoms with E-state index in [0.29, 0.717) is 39.1 Å². The lowest BCUT2D eigenvalue weighted by atomic mass is 10.1. The van der Waals surface area contributed by atoms with E-state index in [1.165, 1.54) is 6.20 Å². The Hall–Kier alpha value is -3.56. The predicted molar refractivity (Wildman–Crippen MR) is 105 cm³/mol. The minimum atomic E-state index is -0.346. The van der Waals surface area contributed by atoms with Crippen LogP contribution in [0, 0.1) is 11.3 Å². The van der Waals surface area contributed by atoms with Gasteiger partial charge in [-0.15, -0.1) is 0 Å². The molecule has 0 fully saturated rings. The van der Waals surface area contributed by atoms with Gasteiger partial charge in [-0.2, -0.15) is 5.26 Å². The number of ether oxygens (including phenoxy) is 1. The molecule has 134 valence electrons. The normalized spacial score (nSPS) is 9.96. The van der Waals surface area contributed by atoms with Crippen LogP contribution in [0.5, 0.6) is 5.75 Å². The van der Waals surface area contributed by atoms with E-state index in [4.69, 9.17) is 21.6 Å². The highest BCUT2D eigenvalue weighted by molar-refractivity contribution is 6.31. The van der Waals surface area contributed by atoms with Gasteiger partial charge < -0.3 is 15.4 Å². The zero-order valence-electron chi connectivity index (χ0n) is 14.4. The molecule has 0 saturated carbocycles. The molecular formula is C20H15ClN4O2. The maximum Gasteiger partial charge on any atom is 0.255 e. The van der Waals surface area contributed by atoms with Crippen LogP contribution in [0.15, 0.2) is 60.8 Å². The van der Waals surface area contributed by atoms with Crippen molar-refractivity contribution in [3.63, 3.8) is 0 Å². The molecule has 0 atom stereocenters. The highest BCUT2D eigenvalue weighted by Crippen LogP contribution is 2.30. The molecule has 0 aliphatic rings. The lowest BCUT2D eigenvalue weighted by Crippen LogP contribution is -2.13. The minimum Gasteiger partial charge on any atom is -0.495 e. The van der Waals surface area contributed by atoms with Gasteiger partial charge in [-0.3, -0.25) is 4.79 Å². The molecule has 3 aromatic rings. The van der Waals surface area contributed by atoms with E-state index in [1.807, 2.05) is 6.07 Å². The van der Waals surface area contributed by atoms with E-state index in [1.54, 1.807) is 61.7 Å². The Balaban J connectivity index is 1.82. The molecule has 0 unspecified atom stereocenters. The number of aromatic nitrogens is 1. The van der Waals surface area contributed by atoms with Crippen molar-refractivity contribution in [2.45, 2.75) is 0 Å². The van der Waals surface area contributed by atoms with Crippen molar-refractivity contribution >= 4 is 34.7 Å². The van der Waals surface area contributed by atoms with Gasteiger partial charge in [0.15, 0.2) is 0 Å². The Morgan fingerprint density at radius 2 is 1.96 bits per heavy atom. The maximum atomic E-state index is 12.5. The quantitative estimate of drug-likeness (QED) is 0.676. The molecule has 0 spiro atoms. The third-order valence-corrected chi connectivity index (χ3v) is 3.98. The van der Waals surface area contributed by atoms with E-state index >= 15 is 0 Å². The van der Waals surface area contributed by atoms with E-state index < -0.39 is 0 Å². The first-order valence-electron chi connectivity index (χ1n) is 7.98. The average Bonchev–Trinajstić information content (AvgIpc) is 2.69. The van der Waals surface area contributed by atoms with Gasteiger partial charge in [0.05, 0.1) is 24.0 Å². The number of carbonyl (C=O) groups excluding carboxylic acids is 1. The summed E-state index contributed by atoms with van der Waals surface area (Å²) < 4.78 is 5.30. The zero-order valence-corrected chi connectivity index (χ0v) is 15.1. The van der Waals surface area contributed by atoms with Crippen molar-refractivity contribution in [1.82, 2.24) is 4.98 Å². The van der Waals surface area contributed by atoms with Crippen molar-refractivity contribution in [2.24, 2.45) is 0 Å². The average molecular weight is 379 g/mol. The Labute approximate surface area is 161 Å². The first-order valence-corrected chi connectivity index (χ1v) is 8.35. The summed E-state index contributed by atoms with van der Waals surface area (Å²) in [6, 6.07) is 17.2. The maximum absolute atomic E-state index is 12.5. The number of hydrogen-bond donors (Lipinski definition) is 2. The SMILES string of the molecule is COc1ccc(Cl)cc1Nc1cc(C(=O)Nc2ccccc2C#N)ccn1. The van der Waals surface area contributed by atoms with Crippen LogP contribution in [0.4, 0.5) is 17.2 Å². The fourth-order valence-corrected chi connectivity index (χ4v) is 2.61. The number of halogens is 1. The lowest BCUT2D eigenvalue weighted by Gasteiger charge is -2.12. The van der Waals surface area contributed by atoms with Gasteiger partial charge in [-0.1, -0.05) is 23.7 Å². The molecule has 1 heterocycles. The Bertz CT molecular complexity index is 1030. The van der Waals surface area contributed by atoms with Crippen LogP contribution in [-0.4, -0.2) is 18.0 Å². The van der Waals surface area contributed by atoms with Crippen molar-refractivity contribution in [3.05, 3.63) is 76.9 Å². The third-order valence-electron chi connectivity index (χ3n) is 3.74. The fourth-order valence-electron chi connectivity index (χ4n) is 2.44. The second kappa shape index (κ2) is 8.21. The predicted octanol–water partition coefficient (Wildman–Crippen LogP) is 4.61.